The van der Waals surface area contributed by atoms with E-state index in [1.165, 1.54) is 0 Å². The molecule has 0 bridgehead atoms. The van der Waals surface area contributed by atoms with Crippen molar-refractivity contribution in [1.29, 1.82) is 0 Å². The lowest BCUT2D eigenvalue weighted by molar-refractivity contribution is -0.125. The summed E-state index contributed by atoms with van der Waals surface area (Å²) in [5, 5.41) is 14.8. The van der Waals surface area contributed by atoms with E-state index >= 15 is 0 Å². The zero-order valence-electron chi connectivity index (χ0n) is 10.2. The number of hydrogen-bond donors (Lipinski definition) is 3. The van der Waals surface area contributed by atoms with Crippen molar-refractivity contribution < 1.29 is 9.90 Å². The Morgan fingerprint density at radius 1 is 1.31 bits per heavy atom. The van der Waals surface area contributed by atoms with Crippen molar-refractivity contribution in [2.24, 2.45) is 11.8 Å². The number of nitrogens with one attached hydrogen (secondary N) is 2. The second kappa shape index (κ2) is 7.63. The summed E-state index contributed by atoms with van der Waals surface area (Å²) in [6.45, 7) is 4.93. The molecule has 1 aliphatic heterocycles. The van der Waals surface area contributed by atoms with Gasteiger partial charge >= 0.3 is 0 Å². The van der Waals surface area contributed by atoms with Gasteiger partial charge in [-0.25, -0.2) is 0 Å². The first kappa shape index (κ1) is 13.5. The number of carbonyl (C=O) groups is 1. The number of hydrogen-bond acceptors (Lipinski definition) is 3. The zero-order valence-corrected chi connectivity index (χ0v) is 10.2. The molecule has 0 aromatic rings. The maximum Gasteiger partial charge on any atom is 0.224 e. The molecule has 1 saturated heterocycles. The van der Waals surface area contributed by atoms with Crippen molar-refractivity contribution in [3.63, 3.8) is 0 Å². The SMILES string of the molecule is CC1CNCC1C(=O)NCCCCCCO. The lowest BCUT2D eigenvalue weighted by Gasteiger charge is -2.13. The summed E-state index contributed by atoms with van der Waals surface area (Å²) in [6.07, 6.45) is 4.02. The van der Waals surface area contributed by atoms with Crippen LogP contribution in [0.2, 0.25) is 0 Å². The van der Waals surface area contributed by atoms with Gasteiger partial charge in [0.15, 0.2) is 0 Å². The predicted octanol–water partition coefficient (Wildman–Crippen LogP) is 0.511. The van der Waals surface area contributed by atoms with Crippen LogP contribution in [0.4, 0.5) is 0 Å². The van der Waals surface area contributed by atoms with Gasteiger partial charge in [-0.2, -0.15) is 0 Å². The summed E-state index contributed by atoms with van der Waals surface area (Å²) in [5.74, 6) is 0.798. The van der Waals surface area contributed by atoms with Crippen molar-refractivity contribution in [3.8, 4) is 0 Å². The molecule has 0 saturated carbocycles. The van der Waals surface area contributed by atoms with E-state index < -0.39 is 0 Å². The van der Waals surface area contributed by atoms with Gasteiger partial charge in [0.05, 0.1) is 5.92 Å². The molecule has 1 aliphatic rings. The maximum atomic E-state index is 11.8. The van der Waals surface area contributed by atoms with Gasteiger partial charge in [0.1, 0.15) is 0 Å². The Labute approximate surface area is 97.8 Å². The highest BCUT2D eigenvalue weighted by molar-refractivity contribution is 5.79. The summed E-state index contributed by atoms with van der Waals surface area (Å²) >= 11 is 0. The van der Waals surface area contributed by atoms with Gasteiger partial charge < -0.3 is 15.7 Å². The molecule has 0 radical (unpaired) electrons. The predicted molar refractivity (Wildman–Crippen MR) is 64.1 cm³/mol. The molecule has 0 aliphatic carbocycles. The minimum Gasteiger partial charge on any atom is -0.396 e. The fraction of sp³-hybridized carbons (Fsp3) is 0.917. The zero-order chi connectivity index (χ0) is 11.8. The molecule has 4 nitrogen and oxygen atoms in total. The quantitative estimate of drug-likeness (QED) is 0.556. The minimum absolute atomic E-state index is 0.150. The van der Waals surface area contributed by atoms with Crippen LogP contribution < -0.4 is 10.6 Å². The number of aliphatic hydroxyl groups is 1. The van der Waals surface area contributed by atoms with Crippen LogP contribution in [0.3, 0.4) is 0 Å². The first-order chi connectivity index (χ1) is 7.75. The molecular formula is C12H24N2O2. The number of carbonyl (C=O) groups excluding carboxylic acids is 1. The molecule has 1 amide bonds. The molecule has 0 aromatic carbocycles. The number of aliphatic hydroxyl groups excluding tert-OH is 1. The normalized spacial score (nSPS) is 24.6. The molecule has 4 heteroatoms. The van der Waals surface area contributed by atoms with Crippen molar-refractivity contribution in [2.45, 2.75) is 32.6 Å². The topological polar surface area (TPSA) is 61.4 Å². The highest BCUT2D eigenvalue weighted by atomic mass is 16.2. The molecule has 3 N–H and O–H groups in total. The maximum absolute atomic E-state index is 11.8. The Morgan fingerprint density at radius 2 is 2.06 bits per heavy atom. The van der Waals surface area contributed by atoms with Gasteiger partial charge in [0.2, 0.25) is 5.91 Å². The second-order valence-corrected chi connectivity index (χ2v) is 4.67. The molecule has 1 rings (SSSR count). The van der Waals surface area contributed by atoms with Gasteiger partial charge in [-0.3, -0.25) is 4.79 Å². The van der Waals surface area contributed by atoms with E-state index in [1.807, 2.05) is 0 Å². The minimum atomic E-state index is 0.150. The van der Waals surface area contributed by atoms with Gasteiger partial charge in [0.25, 0.3) is 0 Å². The number of rotatable bonds is 7. The standard InChI is InChI=1S/C12H24N2O2/c1-10-8-13-9-11(10)12(16)14-6-4-2-3-5-7-15/h10-11,13,15H,2-9H2,1H3,(H,14,16). The van der Waals surface area contributed by atoms with Crippen LogP contribution >= 0.6 is 0 Å². The summed E-state index contributed by atoms with van der Waals surface area (Å²) in [6, 6.07) is 0. The average Bonchev–Trinajstić information content (AvgIpc) is 2.69. The van der Waals surface area contributed by atoms with E-state index in [4.69, 9.17) is 5.11 Å². The van der Waals surface area contributed by atoms with Crippen LogP contribution in [0, 0.1) is 11.8 Å². The number of amides is 1. The third kappa shape index (κ3) is 4.49. The van der Waals surface area contributed by atoms with E-state index in [0.717, 1.165) is 45.3 Å². The van der Waals surface area contributed by atoms with Crippen molar-refractivity contribution >= 4 is 5.91 Å². The molecule has 16 heavy (non-hydrogen) atoms. The Bertz CT molecular complexity index is 209. The fourth-order valence-electron chi connectivity index (χ4n) is 2.09. The number of unbranched alkanes of at least 4 members (excludes halogenated alkanes) is 3. The summed E-state index contributed by atoms with van der Waals surface area (Å²) in [5.41, 5.74) is 0. The van der Waals surface area contributed by atoms with Crippen molar-refractivity contribution in [3.05, 3.63) is 0 Å². The molecule has 1 heterocycles. The smallest absolute Gasteiger partial charge is 0.224 e. The summed E-state index contributed by atoms with van der Waals surface area (Å²) < 4.78 is 0. The highest BCUT2D eigenvalue weighted by Crippen LogP contribution is 2.15. The molecule has 1 fully saturated rings. The van der Waals surface area contributed by atoms with Crippen LogP contribution in [0.15, 0.2) is 0 Å². The van der Waals surface area contributed by atoms with E-state index in [2.05, 4.69) is 17.6 Å². The lowest BCUT2D eigenvalue weighted by atomic mass is 9.97. The average molecular weight is 228 g/mol. The summed E-state index contributed by atoms with van der Waals surface area (Å²) in [4.78, 5) is 11.8. The Kier molecular flexibility index (Phi) is 6.42. The Hall–Kier alpha value is -0.610. The lowest BCUT2D eigenvalue weighted by Crippen LogP contribution is -2.34. The van der Waals surface area contributed by atoms with Crippen LogP contribution in [-0.2, 0) is 4.79 Å². The molecule has 94 valence electrons. The first-order valence-electron chi connectivity index (χ1n) is 6.35. The molecule has 2 unspecified atom stereocenters. The van der Waals surface area contributed by atoms with E-state index in [1.54, 1.807) is 0 Å². The summed E-state index contributed by atoms with van der Waals surface area (Å²) in [7, 11) is 0. The third-order valence-electron chi connectivity index (χ3n) is 3.24. The van der Waals surface area contributed by atoms with Crippen LogP contribution in [0.1, 0.15) is 32.6 Å². The van der Waals surface area contributed by atoms with E-state index in [-0.39, 0.29) is 18.4 Å². The van der Waals surface area contributed by atoms with Gasteiger partial charge in [0, 0.05) is 19.7 Å². The highest BCUT2D eigenvalue weighted by Gasteiger charge is 2.28. The van der Waals surface area contributed by atoms with Crippen LogP contribution in [0.25, 0.3) is 0 Å². The van der Waals surface area contributed by atoms with Gasteiger partial charge in [-0.05, 0) is 25.3 Å². The van der Waals surface area contributed by atoms with Gasteiger partial charge in [-0.1, -0.05) is 19.8 Å². The van der Waals surface area contributed by atoms with Crippen LogP contribution in [-0.4, -0.2) is 37.3 Å². The molecule has 0 aromatic heterocycles. The Morgan fingerprint density at radius 3 is 2.69 bits per heavy atom. The van der Waals surface area contributed by atoms with E-state index in [9.17, 15) is 4.79 Å². The second-order valence-electron chi connectivity index (χ2n) is 4.67. The molecule has 2 atom stereocenters. The van der Waals surface area contributed by atoms with Crippen molar-refractivity contribution in [1.82, 2.24) is 10.6 Å². The van der Waals surface area contributed by atoms with E-state index in [0.29, 0.717) is 5.92 Å². The first-order valence-corrected chi connectivity index (χ1v) is 6.35. The molecular weight excluding hydrogens is 204 g/mol. The fourth-order valence-corrected chi connectivity index (χ4v) is 2.09. The van der Waals surface area contributed by atoms with Crippen molar-refractivity contribution in [2.75, 3.05) is 26.2 Å². The Balaban J connectivity index is 2.02. The third-order valence-corrected chi connectivity index (χ3v) is 3.24. The van der Waals surface area contributed by atoms with Crippen LogP contribution in [0.5, 0.6) is 0 Å². The monoisotopic (exact) mass is 228 g/mol. The molecule has 0 spiro atoms. The largest absolute Gasteiger partial charge is 0.396 e. The van der Waals surface area contributed by atoms with Gasteiger partial charge in [-0.15, -0.1) is 0 Å².